The first-order valence-corrected chi connectivity index (χ1v) is 7.43. The predicted octanol–water partition coefficient (Wildman–Crippen LogP) is 1.40. The van der Waals surface area contributed by atoms with E-state index < -0.39 is 0 Å². The minimum Gasteiger partial charge on any atom is -0.316 e. The second-order valence-electron chi connectivity index (χ2n) is 5.86. The highest BCUT2D eigenvalue weighted by Crippen LogP contribution is 2.18. The molecule has 3 nitrogen and oxygen atoms in total. The number of nitrogens with one attached hydrogen (secondary N) is 1. The molecule has 0 aromatic heterocycles. The molecule has 2 saturated heterocycles. The van der Waals surface area contributed by atoms with E-state index in [9.17, 15) is 0 Å². The minimum absolute atomic E-state index is 0.821. The molecule has 1 N–H and O–H groups in total. The Hall–Kier alpha value is -0.120. The number of piperidine rings is 1. The van der Waals surface area contributed by atoms with Gasteiger partial charge in [-0.25, -0.2) is 0 Å². The Bertz CT molecular complexity index is 214. The Morgan fingerprint density at radius 1 is 1.24 bits per heavy atom. The van der Waals surface area contributed by atoms with Gasteiger partial charge in [0, 0.05) is 19.1 Å². The zero-order chi connectivity index (χ0) is 12.1. The molecule has 2 atom stereocenters. The van der Waals surface area contributed by atoms with Gasteiger partial charge in [-0.05, 0) is 64.8 Å². The molecule has 2 aliphatic heterocycles. The van der Waals surface area contributed by atoms with E-state index in [-0.39, 0.29) is 0 Å². The van der Waals surface area contributed by atoms with Gasteiger partial charge in [0.15, 0.2) is 0 Å². The maximum absolute atomic E-state index is 3.52. The summed E-state index contributed by atoms with van der Waals surface area (Å²) in [6.45, 7) is 9.84. The van der Waals surface area contributed by atoms with E-state index >= 15 is 0 Å². The molecule has 2 heterocycles. The van der Waals surface area contributed by atoms with Crippen LogP contribution >= 0.6 is 0 Å². The van der Waals surface area contributed by atoms with Crippen LogP contribution < -0.4 is 5.32 Å². The second kappa shape index (κ2) is 6.72. The van der Waals surface area contributed by atoms with Crippen LogP contribution in [0, 0.1) is 5.92 Å². The standard InChI is InChI=1S/C14H29N3/c1-3-17-9-5-7-14(17)12-16(2)11-13-6-4-8-15-10-13/h13-15H,3-12H2,1-2H3. The Labute approximate surface area is 107 Å². The molecular formula is C14H29N3. The molecule has 2 aliphatic rings. The normalized spacial score (nSPS) is 31.2. The largest absolute Gasteiger partial charge is 0.316 e. The van der Waals surface area contributed by atoms with Crippen LogP contribution in [-0.2, 0) is 0 Å². The van der Waals surface area contributed by atoms with Crippen molar-refractivity contribution >= 4 is 0 Å². The van der Waals surface area contributed by atoms with Gasteiger partial charge < -0.3 is 10.2 Å². The molecule has 2 unspecified atom stereocenters. The molecule has 0 aromatic rings. The maximum atomic E-state index is 3.52. The predicted molar refractivity (Wildman–Crippen MR) is 73.4 cm³/mol. The second-order valence-corrected chi connectivity index (χ2v) is 5.86. The van der Waals surface area contributed by atoms with Crippen LogP contribution in [0.15, 0.2) is 0 Å². The van der Waals surface area contributed by atoms with E-state index in [0.717, 1.165) is 12.0 Å². The molecule has 0 aliphatic carbocycles. The van der Waals surface area contributed by atoms with E-state index in [2.05, 4.69) is 29.1 Å². The quantitative estimate of drug-likeness (QED) is 0.782. The highest BCUT2D eigenvalue weighted by Gasteiger charge is 2.25. The summed E-state index contributed by atoms with van der Waals surface area (Å²) in [5.41, 5.74) is 0. The first kappa shape index (κ1) is 13.3. The van der Waals surface area contributed by atoms with Crippen molar-refractivity contribution in [2.45, 2.75) is 38.6 Å². The smallest absolute Gasteiger partial charge is 0.0223 e. The Balaban J connectivity index is 1.70. The van der Waals surface area contributed by atoms with Crippen molar-refractivity contribution in [3.05, 3.63) is 0 Å². The zero-order valence-electron chi connectivity index (χ0n) is 11.6. The van der Waals surface area contributed by atoms with Gasteiger partial charge in [-0.15, -0.1) is 0 Å². The van der Waals surface area contributed by atoms with Gasteiger partial charge in [-0.3, -0.25) is 4.90 Å². The first-order chi connectivity index (χ1) is 8.29. The first-order valence-electron chi connectivity index (χ1n) is 7.43. The van der Waals surface area contributed by atoms with Crippen molar-refractivity contribution in [1.82, 2.24) is 15.1 Å². The molecule has 3 heteroatoms. The van der Waals surface area contributed by atoms with Crippen molar-refractivity contribution in [2.75, 3.05) is 46.3 Å². The van der Waals surface area contributed by atoms with Crippen LogP contribution in [0.25, 0.3) is 0 Å². The van der Waals surface area contributed by atoms with Crippen molar-refractivity contribution in [3.63, 3.8) is 0 Å². The number of hydrogen-bond donors (Lipinski definition) is 1. The molecule has 0 radical (unpaired) electrons. The molecule has 0 aromatic carbocycles. The monoisotopic (exact) mass is 239 g/mol. The lowest BCUT2D eigenvalue weighted by Gasteiger charge is -2.31. The van der Waals surface area contributed by atoms with Gasteiger partial charge in [-0.2, -0.15) is 0 Å². The molecule has 17 heavy (non-hydrogen) atoms. The third-order valence-corrected chi connectivity index (χ3v) is 4.40. The molecule has 2 fully saturated rings. The Morgan fingerprint density at radius 2 is 2.12 bits per heavy atom. The molecule has 0 amide bonds. The number of nitrogens with zero attached hydrogens (tertiary/aromatic N) is 2. The molecular weight excluding hydrogens is 210 g/mol. The van der Waals surface area contributed by atoms with Crippen molar-refractivity contribution in [1.29, 1.82) is 0 Å². The lowest BCUT2D eigenvalue weighted by molar-refractivity contribution is 0.174. The topological polar surface area (TPSA) is 18.5 Å². The van der Waals surface area contributed by atoms with E-state index in [1.807, 2.05) is 0 Å². The van der Waals surface area contributed by atoms with E-state index in [4.69, 9.17) is 0 Å². The van der Waals surface area contributed by atoms with E-state index in [1.54, 1.807) is 0 Å². The van der Waals surface area contributed by atoms with Gasteiger partial charge in [0.05, 0.1) is 0 Å². The molecule has 0 bridgehead atoms. The third-order valence-electron chi connectivity index (χ3n) is 4.40. The molecule has 0 saturated carbocycles. The highest BCUT2D eigenvalue weighted by atomic mass is 15.2. The van der Waals surface area contributed by atoms with Crippen LogP contribution in [0.4, 0.5) is 0 Å². The number of hydrogen-bond acceptors (Lipinski definition) is 3. The van der Waals surface area contributed by atoms with Gasteiger partial charge in [-0.1, -0.05) is 6.92 Å². The average Bonchev–Trinajstić information content (AvgIpc) is 2.77. The Morgan fingerprint density at radius 3 is 2.82 bits per heavy atom. The fraction of sp³-hybridized carbons (Fsp3) is 1.00. The summed E-state index contributed by atoms with van der Waals surface area (Å²) in [6.07, 6.45) is 5.58. The van der Waals surface area contributed by atoms with Gasteiger partial charge in [0.2, 0.25) is 0 Å². The zero-order valence-corrected chi connectivity index (χ0v) is 11.6. The summed E-state index contributed by atoms with van der Waals surface area (Å²) >= 11 is 0. The molecule has 2 rings (SSSR count). The number of likely N-dealkylation sites (N-methyl/N-ethyl adjacent to an activating group) is 2. The fourth-order valence-corrected chi connectivity index (χ4v) is 3.47. The van der Waals surface area contributed by atoms with E-state index in [0.29, 0.717) is 0 Å². The van der Waals surface area contributed by atoms with Crippen LogP contribution in [-0.4, -0.2) is 62.2 Å². The average molecular weight is 239 g/mol. The van der Waals surface area contributed by atoms with Gasteiger partial charge >= 0.3 is 0 Å². The van der Waals surface area contributed by atoms with Crippen molar-refractivity contribution in [2.24, 2.45) is 5.92 Å². The lowest BCUT2D eigenvalue weighted by Crippen LogP contribution is -2.42. The maximum Gasteiger partial charge on any atom is 0.0223 e. The summed E-state index contributed by atoms with van der Waals surface area (Å²) in [5, 5.41) is 3.52. The summed E-state index contributed by atoms with van der Waals surface area (Å²) in [5.74, 6) is 0.880. The SMILES string of the molecule is CCN1CCCC1CN(C)CC1CCCNC1. The fourth-order valence-electron chi connectivity index (χ4n) is 3.47. The molecule has 0 spiro atoms. The van der Waals surface area contributed by atoms with Crippen molar-refractivity contribution < 1.29 is 0 Å². The number of rotatable bonds is 5. The van der Waals surface area contributed by atoms with Gasteiger partial charge in [0.25, 0.3) is 0 Å². The highest BCUT2D eigenvalue weighted by molar-refractivity contribution is 4.81. The van der Waals surface area contributed by atoms with Gasteiger partial charge in [0.1, 0.15) is 0 Å². The third kappa shape index (κ3) is 3.94. The summed E-state index contributed by atoms with van der Waals surface area (Å²) in [7, 11) is 2.31. The summed E-state index contributed by atoms with van der Waals surface area (Å²) in [4.78, 5) is 5.21. The van der Waals surface area contributed by atoms with Crippen LogP contribution in [0.5, 0.6) is 0 Å². The van der Waals surface area contributed by atoms with E-state index in [1.165, 1.54) is 65.0 Å². The van der Waals surface area contributed by atoms with Crippen LogP contribution in [0.1, 0.15) is 32.6 Å². The Kier molecular flexibility index (Phi) is 5.26. The van der Waals surface area contributed by atoms with Crippen LogP contribution in [0.2, 0.25) is 0 Å². The summed E-state index contributed by atoms with van der Waals surface area (Å²) < 4.78 is 0. The minimum atomic E-state index is 0.821. The number of likely N-dealkylation sites (tertiary alicyclic amines) is 1. The lowest BCUT2D eigenvalue weighted by atomic mass is 9.99. The molecule has 100 valence electrons. The van der Waals surface area contributed by atoms with Crippen LogP contribution in [0.3, 0.4) is 0 Å². The van der Waals surface area contributed by atoms with Crippen molar-refractivity contribution in [3.8, 4) is 0 Å². The summed E-state index contributed by atoms with van der Waals surface area (Å²) in [6, 6.07) is 0.821.